The number of nitrogens with zero attached hydrogens (tertiary/aromatic N) is 4. The van der Waals surface area contributed by atoms with E-state index in [0.717, 1.165) is 22.7 Å². The number of H-pyrrole nitrogens is 1. The fourth-order valence-electron chi connectivity index (χ4n) is 3.72. The van der Waals surface area contributed by atoms with E-state index < -0.39 is 15.8 Å². The van der Waals surface area contributed by atoms with Gasteiger partial charge in [-0.25, -0.2) is 17.8 Å². The second-order valence-electron chi connectivity index (χ2n) is 7.46. The van der Waals surface area contributed by atoms with E-state index in [0.29, 0.717) is 33.5 Å². The van der Waals surface area contributed by atoms with Crippen molar-refractivity contribution in [3.8, 4) is 22.4 Å². The smallest absolute Gasteiger partial charge is 0.231 e. The summed E-state index contributed by atoms with van der Waals surface area (Å²) in [5, 5.41) is 1.42. The molecule has 7 nitrogen and oxygen atoms in total. The molecule has 0 saturated carbocycles. The third-order valence-corrected chi connectivity index (χ3v) is 6.64. The molecule has 0 unspecified atom stereocenters. The Bertz CT molecular complexity index is 1570. The van der Waals surface area contributed by atoms with Crippen LogP contribution in [0.15, 0.2) is 67.3 Å². The van der Waals surface area contributed by atoms with Gasteiger partial charge in [-0.15, -0.1) is 0 Å². The molecule has 160 valence electrons. The summed E-state index contributed by atoms with van der Waals surface area (Å²) < 4.78 is 39.9. The Morgan fingerprint density at radius 1 is 1.00 bits per heavy atom. The van der Waals surface area contributed by atoms with E-state index in [-0.39, 0.29) is 0 Å². The predicted molar refractivity (Wildman–Crippen MR) is 123 cm³/mol. The minimum Gasteiger partial charge on any atom is -0.338 e. The van der Waals surface area contributed by atoms with Crippen LogP contribution in [0.5, 0.6) is 0 Å². The molecule has 4 aromatic heterocycles. The molecule has 0 amide bonds. The van der Waals surface area contributed by atoms with Crippen molar-refractivity contribution in [2.24, 2.45) is 0 Å². The zero-order chi connectivity index (χ0) is 22.5. The molecule has 0 aliphatic carbocycles. The molecular formula is C23H18FN5O2S. The van der Waals surface area contributed by atoms with Crippen LogP contribution in [-0.2, 0) is 10.0 Å². The zero-order valence-corrected chi connectivity index (χ0v) is 18.1. The van der Waals surface area contributed by atoms with Gasteiger partial charge in [-0.1, -0.05) is 12.1 Å². The van der Waals surface area contributed by atoms with E-state index in [1.807, 2.05) is 18.2 Å². The molecule has 0 bridgehead atoms. The lowest BCUT2D eigenvalue weighted by Gasteiger charge is -2.17. The van der Waals surface area contributed by atoms with Crippen molar-refractivity contribution in [3.63, 3.8) is 0 Å². The van der Waals surface area contributed by atoms with E-state index in [1.54, 1.807) is 42.9 Å². The van der Waals surface area contributed by atoms with Crippen LogP contribution in [0.1, 0.15) is 0 Å². The van der Waals surface area contributed by atoms with Crippen LogP contribution in [0.3, 0.4) is 0 Å². The number of halogens is 1. The number of aromatic amines is 1. The molecule has 5 rings (SSSR count). The molecule has 0 aliphatic rings. The summed E-state index contributed by atoms with van der Waals surface area (Å²) in [5.74, 6) is -0.470. The molecule has 0 spiro atoms. The number of pyridine rings is 3. The number of benzene rings is 1. The highest BCUT2D eigenvalue weighted by Gasteiger charge is 2.18. The van der Waals surface area contributed by atoms with Crippen LogP contribution in [0, 0.1) is 5.82 Å². The monoisotopic (exact) mass is 447 g/mol. The third kappa shape index (κ3) is 3.36. The maximum absolute atomic E-state index is 15.1. The maximum Gasteiger partial charge on any atom is 0.231 e. The quantitative estimate of drug-likeness (QED) is 0.442. The van der Waals surface area contributed by atoms with Crippen molar-refractivity contribution in [1.82, 2.24) is 19.9 Å². The predicted octanol–water partition coefficient (Wildman–Crippen LogP) is 4.38. The largest absolute Gasteiger partial charge is 0.338 e. The number of anilines is 1. The Kier molecular flexibility index (Phi) is 4.63. The van der Waals surface area contributed by atoms with Crippen molar-refractivity contribution in [3.05, 3.63) is 73.1 Å². The van der Waals surface area contributed by atoms with Gasteiger partial charge < -0.3 is 4.98 Å². The van der Waals surface area contributed by atoms with Gasteiger partial charge in [0.05, 0.1) is 35.5 Å². The molecule has 4 heterocycles. The van der Waals surface area contributed by atoms with E-state index in [2.05, 4.69) is 19.9 Å². The van der Waals surface area contributed by atoms with Crippen molar-refractivity contribution in [2.45, 2.75) is 0 Å². The van der Waals surface area contributed by atoms with Gasteiger partial charge in [0.25, 0.3) is 0 Å². The first-order valence-electron chi connectivity index (χ1n) is 9.73. The summed E-state index contributed by atoms with van der Waals surface area (Å²) in [6.07, 6.45) is 7.42. The molecule has 32 heavy (non-hydrogen) atoms. The topological polar surface area (TPSA) is 91.8 Å². The third-order valence-electron chi connectivity index (χ3n) is 5.43. The normalized spacial score (nSPS) is 11.8. The number of rotatable bonds is 4. The first-order valence-corrected chi connectivity index (χ1v) is 11.6. The van der Waals surface area contributed by atoms with E-state index in [9.17, 15) is 8.42 Å². The number of sulfonamides is 1. The van der Waals surface area contributed by atoms with Crippen LogP contribution >= 0.6 is 0 Å². The fourth-order valence-corrected chi connectivity index (χ4v) is 4.22. The van der Waals surface area contributed by atoms with Gasteiger partial charge in [-0.3, -0.25) is 14.3 Å². The Balaban J connectivity index is 1.71. The first kappa shape index (κ1) is 20.1. The van der Waals surface area contributed by atoms with Crippen molar-refractivity contribution >= 4 is 37.6 Å². The molecule has 1 N–H and O–H groups in total. The second-order valence-corrected chi connectivity index (χ2v) is 9.48. The Labute approximate surface area is 183 Å². The van der Waals surface area contributed by atoms with Crippen LogP contribution in [0.2, 0.25) is 0 Å². The average Bonchev–Trinajstić information content (AvgIpc) is 3.16. The van der Waals surface area contributed by atoms with Crippen LogP contribution in [-0.4, -0.2) is 41.7 Å². The van der Waals surface area contributed by atoms with Gasteiger partial charge in [0.2, 0.25) is 10.0 Å². The van der Waals surface area contributed by atoms with Crippen LogP contribution < -0.4 is 4.31 Å². The molecule has 0 aliphatic heterocycles. The van der Waals surface area contributed by atoms with Gasteiger partial charge in [0, 0.05) is 41.3 Å². The maximum atomic E-state index is 15.1. The number of nitrogens with one attached hydrogen (secondary N) is 1. The van der Waals surface area contributed by atoms with E-state index in [1.165, 1.54) is 17.5 Å². The highest BCUT2D eigenvalue weighted by atomic mass is 32.2. The molecule has 0 saturated heterocycles. The average molecular weight is 447 g/mol. The standard InChI is InChI=1S/C23H18FN5O2S/c1-29(32(2,30)31)16-7-5-14(6-8-16)21-18(24)12-27-23-22(21)17-10-19(26-13-20(17)28-23)15-4-3-9-25-11-15/h3-13H,1-2H3,(H,27,28). The van der Waals surface area contributed by atoms with Crippen LogP contribution in [0.25, 0.3) is 44.3 Å². The number of hydrogen-bond donors (Lipinski definition) is 1. The minimum atomic E-state index is -3.39. The summed E-state index contributed by atoms with van der Waals surface area (Å²) in [6.45, 7) is 0. The molecule has 0 atom stereocenters. The Morgan fingerprint density at radius 3 is 2.47 bits per heavy atom. The van der Waals surface area contributed by atoms with Crippen molar-refractivity contribution in [1.29, 1.82) is 0 Å². The molecule has 0 fully saturated rings. The molecule has 5 aromatic rings. The van der Waals surface area contributed by atoms with Gasteiger partial charge >= 0.3 is 0 Å². The summed E-state index contributed by atoms with van der Waals surface area (Å²) >= 11 is 0. The highest BCUT2D eigenvalue weighted by molar-refractivity contribution is 7.92. The van der Waals surface area contributed by atoms with Gasteiger partial charge in [-0.05, 0) is 35.9 Å². The second kappa shape index (κ2) is 7.38. The molecular weight excluding hydrogens is 429 g/mol. The number of fused-ring (bicyclic) bond motifs is 3. The summed E-state index contributed by atoms with van der Waals surface area (Å²) in [4.78, 5) is 16.1. The molecule has 9 heteroatoms. The minimum absolute atomic E-state index is 0.387. The lowest BCUT2D eigenvalue weighted by molar-refractivity contribution is 0.600. The lowest BCUT2D eigenvalue weighted by atomic mass is 10.00. The van der Waals surface area contributed by atoms with Gasteiger partial charge in [0.1, 0.15) is 11.5 Å². The molecule has 0 radical (unpaired) electrons. The summed E-state index contributed by atoms with van der Waals surface area (Å²) in [7, 11) is -1.92. The zero-order valence-electron chi connectivity index (χ0n) is 17.2. The van der Waals surface area contributed by atoms with Gasteiger partial charge in [0.15, 0.2) is 0 Å². The highest BCUT2D eigenvalue weighted by Crippen LogP contribution is 2.37. The van der Waals surface area contributed by atoms with Crippen molar-refractivity contribution in [2.75, 3.05) is 17.6 Å². The van der Waals surface area contributed by atoms with Crippen LogP contribution in [0.4, 0.5) is 10.1 Å². The first-order chi connectivity index (χ1) is 15.3. The fraction of sp³-hybridized carbons (Fsp3) is 0.0870. The Hall–Kier alpha value is -3.85. The lowest BCUT2D eigenvalue weighted by Crippen LogP contribution is -2.24. The molecule has 1 aromatic carbocycles. The van der Waals surface area contributed by atoms with Gasteiger partial charge in [-0.2, -0.15) is 0 Å². The van der Waals surface area contributed by atoms with Crippen molar-refractivity contribution < 1.29 is 12.8 Å². The Morgan fingerprint density at radius 2 is 1.78 bits per heavy atom. The van der Waals surface area contributed by atoms with E-state index in [4.69, 9.17) is 0 Å². The summed E-state index contributed by atoms with van der Waals surface area (Å²) in [6, 6.07) is 12.3. The number of aromatic nitrogens is 4. The number of hydrogen-bond acceptors (Lipinski definition) is 5. The van der Waals surface area contributed by atoms with E-state index >= 15 is 4.39 Å². The summed E-state index contributed by atoms with van der Waals surface area (Å²) in [5.41, 5.74) is 4.33. The SMILES string of the molecule is CN(c1ccc(-c2c(F)cnc3[nH]c4cnc(-c5cccnc5)cc4c23)cc1)S(C)(=O)=O.